The number of benzene rings is 1. The van der Waals surface area contributed by atoms with Gasteiger partial charge in [0.1, 0.15) is 0 Å². The molecular weight excluding hydrogens is 314 g/mol. The highest BCUT2D eigenvalue weighted by Crippen LogP contribution is 2.24. The Hall–Kier alpha value is -1.59. The minimum atomic E-state index is 0. The van der Waals surface area contributed by atoms with Crippen molar-refractivity contribution in [3.8, 4) is 0 Å². The monoisotopic (exact) mass is 337 g/mol. The number of halogens is 1. The molecule has 2 amide bonds. The van der Waals surface area contributed by atoms with Crippen LogP contribution in [0.5, 0.6) is 0 Å². The second-order valence-corrected chi connectivity index (χ2v) is 6.17. The van der Waals surface area contributed by atoms with E-state index in [2.05, 4.69) is 22.0 Å². The van der Waals surface area contributed by atoms with Crippen molar-refractivity contribution in [3.05, 3.63) is 29.3 Å². The maximum Gasteiger partial charge on any atom is 0.228 e. The lowest BCUT2D eigenvalue weighted by Crippen LogP contribution is -2.37. The van der Waals surface area contributed by atoms with Crippen LogP contribution in [0, 0.1) is 0 Å². The van der Waals surface area contributed by atoms with Gasteiger partial charge in [0.15, 0.2) is 0 Å². The van der Waals surface area contributed by atoms with Crippen LogP contribution in [0.1, 0.15) is 36.8 Å². The number of carbonyl (C=O) groups excluding carboxylic acids is 2. The maximum absolute atomic E-state index is 11.8. The molecule has 1 fully saturated rings. The average molecular weight is 338 g/mol. The van der Waals surface area contributed by atoms with E-state index in [0.717, 1.165) is 43.6 Å². The van der Waals surface area contributed by atoms with Crippen LogP contribution in [0.3, 0.4) is 0 Å². The molecule has 0 aliphatic carbocycles. The molecule has 1 atom stereocenters. The summed E-state index contributed by atoms with van der Waals surface area (Å²) in [7, 11) is 0. The minimum absolute atomic E-state index is 0. The summed E-state index contributed by atoms with van der Waals surface area (Å²) in [6, 6.07) is 6.52. The van der Waals surface area contributed by atoms with Crippen LogP contribution in [0.15, 0.2) is 18.2 Å². The smallest absolute Gasteiger partial charge is 0.228 e. The van der Waals surface area contributed by atoms with Crippen molar-refractivity contribution in [2.24, 2.45) is 0 Å². The van der Waals surface area contributed by atoms with Crippen molar-refractivity contribution < 1.29 is 9.59 Å². The first kappa shape index (κ1) is 17.8. The summed E-state index contributed by atoms with van der Waals surface area (Å²) in [5.74, 6) is 0.193. The van der Waals surface area contributed by atoms with Crippen molar-refractivity contribution >= 4 is 29.9 Å². The number of amides is 2. The SMILES string of the molecule is Cl.O=C(CCCc1ccc2c(c1)CC(=O)N2)NCC1CCCN1. The van der Waals surface area contributed by atoms with Gasteiger partial charge in [-0.1, -0.05) is 12.1 Å². The van der Waals surface area contributed by atoms with Crippen LogP contribution < -0.4 is 16.0 Å². The molecule has 23 heavy (non-hydrogen) atoms. The van der Waals surface area contributed by atoms with Gasteiger partial charge in [0, 0.05) is 24.7 Å². The highest BCUT2D eigenvalue weighted by Gasteiger charge is 2.17. The Kier molecular flexibility index (Phi) is 6.42. The fourth-order valence-corrected chi connectivity index (χ4v) is 3.15. The maximum atomic E-state index is 11.8. The van der Waals surface area contributed by atoms with E-state index in [-0.39, 0.29) is 24.2 Å². The molecule has 2 aliphatic rings. The molecule has 6 heteroatoms. The summed E-state index contributed by atoms with van der Waals surface area (Å²) in [4.78, 5) is 23.2. The molecule has 1 saturated heterocycles. The third kappa shape index (κ3) is 4.94. The molecule has 2 aliphatic heterocycles. The van der Waals surface area contributed by atoms with Crippen LogP contribution in [-0.2, 0) is 22.4 Å². The van der Waals surface area contributed by atoms with Gasteiger partial charge in [-0.15, -0.1) is 12.4 Å². The van der Waals surface area contributed by atoms with Crippen LogP contribution in [0.25, 0.3) is 0 Å². The van der Waals surface area contributed by atoms with Crippen LogP contribution in [0.4, 0.5) is 5.69 Å². The van der Waals surface area contributed by atoms with Gasteiger partial charge in [0.2, 0.25) is 11.8 Å². The first-order valence-electron chi connectivity index (χ1n) is 8.12. The molecule has 3 rings (SSSR count). The Labute approximate surface area is 143 Å². The Morgan fingerprint density at radius 1 is 1.35 bits per heavy atom. The Morgan fingerprint density at radius 3 is 3.00 bits per heavy atom. The number of rotatable bonds is 6. The second kappa shape index (κ2) is 8.31. The Bertz CT molecular complexity index is 571. The van der Waals surface area contributed by atoms with Crippen LogP contribution >= 0.6 is 12.4 Å². The lowest BCUT2D eigenvalue weighted by Gasteiger charge is -2.11. The first-order chi connectivity index (χ1) is 10.7. The molecule has 1 aromatic rings. The third-order valence-corrected chi connectivity index (χ3v) is 4.37. The van der Waals surface area contributed by atoms with Gasteiger partial charge in [0.25, 0.3) is 0 Å². The van der Waals surface area contributed by atoms with E-state index in [0.29, 0.717) is 18.9 Å². The third-order valence-electron chi connectivity index (χ3n) is 4.37. The molecule has 0 spiro atoms. The fourth-order valence-electron chi connectivity index (χ4n) is 3.15. The number of aryl methyl sites for hydroxylation is 1. The number of fused-ring (bicyclic) bond motifs is 1. The molecule has 0 saturated carbocycles. The van der Waals surface area contributed by atoms with E-state index in [1.807, 2.05) is 12.1 Å². The number of carbonyl (C=O) groups is 2. The highest BCUT2D eigenvalue weighted by molar-refractivity contribution is 5.99. The predicted octanol–water partition coefficient (Wildman–Crippen LogP) is 1.79. The van der Waals surface area contributed by atoms with Crippen molar-refractivity contribution in [3.63, 3.8) is 0 Å². The standard InChI is InChI=1S/C17H23N3O2.ClH/c21-16(19-11-14-4-2-8-18-14)5-1-3-12-6-7-15-13(9-12)10-17(22)20-15;/h6-7,9,14,18H,1-5,8,10-11H2,(H,19,21)(H,20,22);1H. The topological polar surface area (TPSA) is 70.2 Å². The molecule has 1 unspecified atom stereocenters. The van der Waals surface area contributed by atoms with E-state index in [9.17, 15) is 9.59 Å². The van der Waals surface area contributed by atoms with Crippen molar-refractivity contribution in [1.29, 1.82) is 0 Å². The second-order valence-electron chi connectivity index (χ2n) is 6.17. The molecule has 1 aromatic carbocycles. The lowest BCUT2D eigenvalue weighted by molar-refractivity contribution is -0.121. The van der Waals surface area contributed by atoms with Gasteiger partial charge >= 0.3 is 0 Å². The molecular formula is C17H24ClN3O2. The zero-order valence-corrected chi connectivity index (χ0v) is 14.0. The van der Waals surface area contributed by atoms with E-state index in [1.54, 1.807) is 0 Å². The number of hydrogen-bond acceptors (Lipinski definition) is 3. The average Bonchev–Trinajstić information content (AvgIpc) is 3.12. The van der Waals surface area contributed by atoms with Gasteiger partial charge in [-0.3, -0.25) is 9.59 Å². The van der Waals surface area contributed by atoms with Crippen molar-refractivity contribution in [2.45, 2.75) is 44.6 Å². The van der Waals surface area contributed by atoms with E-state index in [1.165, 1.54) is 12.0 Å². The van der Waals surface area contributed by atoms with Gasteiger partial charge in [0.05, 0.1) is 6.42 Å². The summed E-state index contributed by atoms with van der Waals surface area (Å²) >= 11 is 0. The summed E-state index contributed by atoms with van der Waals surface area (Å²) in [5, 5.41) is 9.21. The molecule has 0 radical (unpaired) electrons. The summed E-state index contributed by atoms with van der Waals surface area (Å²) < 4.78 is 0. The quantitative estimate of drug-likeness (QED) is 0.741. The zero-order chi connectivity index (χ0) is 15.4. The molecule has 5 nitrogen and oxygen atoms in total. The molecule has 2 heterocycles. The molecule has 126 valence electrons. The normalized spacial score (nSPS) is 19.0. The summed E-state index contributed by atoms with van der Waals surface area (Å²) in [6.07, 6.45) is 5.10. The summed E-state index contributed by atoms with van der Waals surface area (Å²) in [5.41, 5.74) is 3.19. The van der Waals surface area contributed by atoms with E-state index < -0.39 is 0 Å². The van der Waals surface area contributed by atoms with E-state index in [4.69, 9.17) is 0 Å². The van der Waals surface area contributed by atoms with Crippen molar-refractivity contribution in [1.82, 2.24) is 10.6 Å². The Morgan fingerprint density at radius 2 is 2.22 bits per heavy atom. The molecule has 0 aromatic heterocycles. The minimum Gasteiger partial charge on any atom is -0.355 e. The van der Waals surface area contributed by atoms with Crippen LogP contribution in [0.2, 0.25) is 0 Å². The van der Waals surface area contributed by atoms with Gasteiger partial charge < -0.3 is 16.0 Å². The zero-order valence-electron chi connectivity index (χ0n) is 13.2. The molecule has 3 N–H and O–H groups in total. The summed E-state index contributed by atoms with van der Waals surface area (Å²) in [6.45, 7) is 1.81. The number of nitrogens with one attached hydrogen (secondary N) is 3. The largest absolute Gasteiger partial charge is 0.355 e. The van der Waals surface area contributed by atoms with Gasteiger partial charge in [-0.25, -0.2) is 0 Å². The van der Waals surface area contributed by atoms with Gasteiger partial charge in [-0.05, 0) is 49.4 Å². The van der Waals surface area contributed by atoms with Gasteiger partial charge in [-0.2, -0.15) is 0 Å². The predicted molar refractivity (Wildman–Crippen MR) is 93.0 cm³/mol. The molecule has 0 bridgehead atoms. The van der Waals surface area contributed by atoms with Crippen molar-refractivity contribution in [2.75, 3.05) is 18.4 Å². The Balaban J connectivity index is 0.00000192. The fraction of sp³-hybridized carbons (Fsp3) is 0.529. The van der Waals surface area contributed by atoms with E-state index >= 15 is 0 Å². The number of anilines is 1. The lowest BCUT2D eigenvalue weighted by atomic mass is 10.0. The highest BCUT2D eigenvalue weighted by atomic mass is 35.5. The number of hydrogen-bond donors (Lipinski definition) is 3. The van der Waals surface area contributed by atoms with Crippen LogP contribution in [-0.4, -0.2) is 30.9 Å². The first-order valence-corrected chi connectivity index (χ1v) is 8.12.